The minimum atomic E-state index is 0.493. The van der Waals surface area contributed by atoms with Crippen molar-refractivity contribution in [2.45, 2.75) is 19.4 Å². The summed E-state index contributed by atoms with van der Waals surface area (Å²) >= 11 is 7.04. The summed E-state index contributed by atoms with van der Waals surface area (Å²) < 4.78 is 2.07. The second-order valence-electron chi connectivity index (χ2n) is 4.62. The first-order valence-electron chi connectivity index (χ1n) is 5.84. The Labute approximate surface area is 119 Å². The summed E-state index contributed by atoms with van der Waals surface area (Å²) in [6.07, 6.45) is 3.05. The molecule has 17 heavy (non-hydrogen) atoms. The quantitative estimate of drug-likeness (QED) is 0.765. The average Bonchev–Trinajstić information content (AvgIpc) is 2.40. The molecule has 1 fully saturated rings. The SMILES string of the molecule is CC1CN(C)CCCN1c1ncc(Br)cc1Br. The van der Waals surface area contributed by atoms with Gasteiger partial charge in [-0.15, -0.1) is 0 Å². The lowest BCUT2D eigenvalue weighted by atomic mass is 10.2. The molecule has 94 valence electrons. The molecule has 0 saturated carbocycles. The monoisotopic (exact) mass is 361 g/mol. The summed E-state index contributed by atoms with van der Waals surface area (Å²) in [5, 5.41) is 0. The van der Waals surface area contributed by atoms with Gasteiger partial charge in [-0.05, 0) is 64.9 Å². The largest absolute Gasteiger partial charge is 0.352 e. The standard InChI is InChI=1S/C12H17Br2N3/c1-9-8-16(2)4-3-5-17(9)12-11(14)6-10(13)7-15-12/h6-7,9H,3-5,8H2,1-2H3. The summed E-state index contributed by atoms with van der Waals surface area (Å²) in [5.41, 5.74) is 0. The minimum absolute atomic E-state index is 0.493. The van der Waals surface area contributed by atoms with Crippen LogP contribution in [0.15, 0.2) is 21.2 Å². The van der Waals surface area contributed by atoms with E-state index in [1.807, 2.05) is 6.20 Å². The van der Waals surface area contributed by atoms with Gasteiger partial charge in [0, 0.05) is 29.8 Å². The zero-order valence-corrected chi connectivity index (χ0v) is 13.3. The number of hydrogen-bond acceptors (Lipinski definition) is 3. The van der Waals surface area contributed by atoms with Crippen molar-refractivity contribution in [1.82, 2.24) is 9.88 Å². The molecular weight excluding hydrogens is 346 g/mol. The van der Waals surface area contributed by atoms with Gasteiger partial charge >= 0.3 is 0 Å². The maximum absolute atomic E-state index is 4.53. The molecule has 1 saturated heterocycles. The molecule has 0 amide bonds. The number of rotatable bonds is 1. The normalized spacial score (nSPS) is 22.6. The van der Waals surface area contributed by atoms with E-state index < -0.39 is 0 Å². The number of hydrogen-bond donors (Lipinski definition) is 0. The molecule has 0 radical (unpaired) electrons. The lowest BCUT2D eigenvalue weighted by molar-refractivity contribution is 0.337. The lowest BCUT2D eigenvalue weighted by Gasteiger charge is -2.29. The van der Waals surface area contributed by atoms with Crippen molar-refractivity contribution in [2.75, 3.05) is 31.6 Å². The van der Waals surface area contributed by atoms with E-state index in [0.717, 1.165) is 34.4 Å². The summed E-state index contributed by atoms with van der Waals surface area (Å²) in [5.74, 6) is 1.05. The maximum Gasteiger partial charge on any atom is 0.143 e. The van der Waals surface area contributed by atoms with E-state index in [0.29, 0.717) is 6.04 Å². The smallest absolute Gasteiger partial charge is 0.143 e. The molecule has 1 aromatic heterocycles. The Bertz CT molecular complexity index is 397. The molecule has 1 aliphatic rings. The molecule has 0 spiro atoms. The van der Waals surface area contributed by atoms with Crippen LogP contribution in [0.2, 0.25) is 0 Å². The number of halogens is 2. The maximum atomic E-state index is 4.53. The van der Waals surface area contributed by atoms with E-state index in [9.17, 15) is 0 Å². The van der Waals surface area contributed by atoms with Crippen molar-refractivity contribution in [3.63, 3.8) is 0 Å². The fourth-order valence-corrected chi connectivity index (χ4v) is 3.52. The highest BCUT2D eigenvalue weighted by atomic mass is 79.9. The topological polar surface area (TPSA) is 19.4 Å². The first-order valence-corrected chi connectivity index (χ1v) is 7.43. The first kappa shape index (κ1) is 13.3. The molecule has 2 heterocycles. The van der Waals surface area contributed by atoms with E-state index >= 15 is 0 Å². The fourth-order valence-electron chi connectivity index (χ4n) is 2.31. The Kier molecular flexibility index (Phi) is 4.44. The van der Waals surface area contributed by atoms with Crippen LogP contribution in [0.1, 0.15) is 13.3 Å². The van der Waals surface area contributed by atoms with Crippen molar-refractivity contribution in [3.8, 4) is 0 Å². The summed E-state index contributed by atoms with van der Waals surface area (Å²) in [6.45, 7) is 5.58. The van der Waals surface area contributed by atoms with Gasteiger partial charge < -0.3 is 9.80 Å². The van der Waals surface area contributed by atoms with Gasteiger partial charge in [-0.3, -0.25) is 0 Å². The van der Waals surface area contributed by atoms with E-state index in [1.54, 1.807) is 0 Å². The van der Waals surface area contributed by atoms with E-state index in [1.165, 1.54) is 6.42 Å². The summed E-state index contributed by atoms with van der Waals surface area (Å²) in [6, 6.07) is 2.55. The zero-order valence-electron chi connectivity index (χ0n) is 10.2. The highest BCUT2D eigenvalue weighted by molar-refractivity contribution is 9.11. The fraction of sp³-hybridized carbons (Fsp3) is 0.583. The number of nitrogens with zero attached hydrogens (tertiary/aromatic N) is 3. The molecule has 2 rings (SSSR count). The highest BCUT2D eigenvalue weighted by Gasteiger charge is 2.22. The Morgan fingerprint density at radius 2 is 2.12 bits per heavy atom. The van der Waals surface area contributed by atoms with Gasteiger partial charge in [-0.2, -0.15) is 0 Å². The predicted octanol–water partition coefficient (Wildman–Crippen LogP) is 3.14. The van der Waals surface area contributed by atoms with Crippen molar-refractivity contribution < 1.29 is 0 Å². The molecule has 5 heteroatoms. The van der Waals surface area contributed by atoms with Gasteiger partial charge in [0.1, 0.15) is 5.82 Å². The van der Waals surface area contributed by atoms with E-state index in [2.05, 4.69) is 66.7 Å². The third-order valence-corrected chi connectivity index (χ3v) is 4.12. The Hall–Kier alpha value is -0.130. The van der Waals surface area contributed by atoms with Crippen LogP contribution in [-0.4, -0.2) is 42.6 Å². The second kappa shape index (κ2) is 5.67. The van der Waals surface area contributed by atoms with Crippen LogP contribution in [0, 0.1) is 0 Å². The molecule has 1 aliphatic heterocycles. The molecule has 0 aromatic carbocycles. The molecule has 1 unspecified atom stereocenters. The van der Waals surface area contributed by atoms with Gasteiger partial charge in [0.05, 0.1) is 4.47 Å². The van der Waals surface area contributed by atoms with E-state index in [-0.39, 0.29) is 0 Å². The highest BCUT2D eigenvalue weighted by Crippen LogP contribution is 2.29. The lowest BCUT2D eigenvalue weighted by Crippen LogP contribution is -2.38. The first-order chi connectivity index (χ1) is 8.08. The third-order valence-electron chi connectivity index (χ3n) is 3.11. The van der Waals surface area contributed by atoms with Crippen LogP contribution in [-0.2, 0) is 0 Å². The molecule has 0 N–H and O–H groups in total. The van der Waals surface area contributed by atoms with Crippen LogP contribution in [0.5, 0.6) is 0 Å². The molecule has 1 aromatic rings. The Balaban J connectivity index is 2.25. The Morgan fingerprint density at radius 1 is 1.35 bits per heavy atom. The van der Waals surface area contributed by atoms with Gasteiger partial charge in [-0.1, -0.05) is 0 Å². The van der Waals surface area contributed by atoms with Gasteiger partial charge in [0.15, 0.2) is 0 Å². The molecule has 0 aliphatic carbocycles. The molecular formula is C12H17Br2N3. The van der Waals surface area contributed by atoms with Crippen LogP contribution in [0.4, 0.5) is 5.82 Å². The number of anilines is 1. The number of likely N-dealkylation sites (N-methyl/N-ethyl adjacent to an activating group) is 1. The van der Waals surface area contributed by atoms with Crippen LogP contribution < -0.4 is 4.90 Å². The van der Waals surface area contributed by atoms with Crippen molar-refractivity contribution >= 4 is 37.7 Å². The Morgan fingerprint density at radius 3 is 2.82 bits per heavy atom. The van der Waals surface area contributed by atoms with Gasteiger partial charge in [0.2, 0.25) is 0 Å². The second-order valence-corrected chi connectivity index (χ2v) is 6.39. The summed E-state index contributed by atoms with van der Waals surface area (Å²) in [7, 11) is 2.18. The van der Waals surface area contributed by atoms with Crippen molar-refractivity contribution in [2.24, 2.45) is 0 Å². The van der Waals surface area contributed by atoms with Crippen molar-refractivity contribution in [3.05, 3.63) is 21.2 Å². The summed E-state index contributed by atoms with van der Waals surface area (Å²) in [4.78, 5) is 9.31. The number of aromatic nitrogens is 1. The zero-order chi connectivity index (χ0) is 12.4. The predicted molar refractivity (Wildman–Crippen MR) is 78.6 cm³/mol. The third kappa shape index (κ3) is 3.20. The molecule has 1 atom stereocenters. The van der Waals surface area contributed by atoms with Crippen LogP contribution in [0.25, 0.3) is 0 Å². The van der Waals surface area contributed by atoms with Crippen LogP contribution in [0.3, 0.4) is 0 Å². The molecule has 3 nitrogen and oxygen atoms in total. The average molecular weight is 363 g/mol. The van der Waals surface area contributed by atoms with Crippen molar-refractivity contribution in [1.29, 1.82) is 0 Å². The van der Waals surface area contributed by atoms with Crippen LogP contribution >= 0.6 is 31.9 Å². The van der Waals surface area contributed by atoms with Gasteiger partial charge in [0.25, 0.3) is 0 Å². The minimum Gasteiger partial charge on any atom is -0.352 e. The number of pyridine rings is 1. The van der Waals surface area contributed by atoms with E-state index in [4.69, 9.17) is 0 Å². The molecule has 0 bridgehead atoms. The van der Waals surface area contributed by atoms with Gasteiger partial charge in [-0.25, -0.2) is 4.98 Å².